The Bertz CT molecular complexity index is 862. The van der Waals surface area contributed by atoms with Gasteiger partial charge < -0.3 is 15.0 Å². The van der Waals surface area contributed by atoms with Crippen molar-refractivity contribution in [3.63, 3.8) is 0 Å². The number of nitrogens with one attached hydrogen (secondary N) is 1. The third kappa shape index (κ3) is 4.00. The van der Waals surface area contributed by atoms with Gasteiger partial charge >= 0.3 is 0 Å². The van der Waals surface area contributed by atoms with Crippen molar-refractivity contribution in [1.29, 1.82) is 0 Å². The minimum absolute atomic E-state index is 0.0166. The van der Waals surface area contributed by atoms with E-state index in [2.05, 4.69) is 5.32 Å². The van der Waals surface area contributed by atoms with Crippen molar-refractivity contribution in [2.75, 3.05) is 33.1 Å². The van der Waals surface area contributed by atoms with Crippen LogP contribution < -0.4 is 10.1 Å². The maximum absolute atomic E-state index is 12.8. The summed E-state index contributed by atoms with van der Waals surface area (Å²) >= 11 is 0. The number of carbonyl (C=O) groups is 2. The van der Waals surface area contributed by atoms with Crippen LogP contribution in [0.3, 0.4) is 0 Å². The van der Waals surface area contributed by atoms with Crippen LogP contribution in [0.4, 0.5) is 5.69 Å². The normalized spacial score (nSPS) is 20.8. The lowest BCUT2D eigenvalue weighted by Crippen LogP contribution is -2.35. The highest BCUT2D eigenvalue weighted by molar-refractivity contribution is 7.89. The molecule has 1 atom stereocenters. The molecule has 1 aliphatic carbocycles. The van der Waals surface area contributed by atoms with Gasteiger partial charge in [-0.15, -0.1) is 0 Å². The summed E-state index contributed by atoms with van der Waals surface area (Å²) in [4.78, 5) is 27.0. The van der Waals surface area contributed by atoms with Crippen LogP contribution in [0.25, 0.3) is 0 Å². The molecule has 2 fully saturated rings. The fraction of sp³-hybridized carbons (Fsp3) is 0.579. The van der Waals surface area contributed by atoms with Crippen LogP contribution in [0.2, 0.25) is 0 Å². The number of likely N-dealkylation sites (tertiary alicyclic amines) is 1. The highest BCUT2D eigenvalue weighted by Crippen LogP contribution is 2.32. The van der Waals surface area contributed by atoms with E-state index in [9.17, 15) is 18.0 Å². The van der Waals surface area contributed by atoms with Crippen LogP contribution in [0.5, 0.6) is 5.75 Å². The number of anilines is 1. The summed E-state index contributed by atoms with van der Waals surface area (Å²) in [6, 6.07) is 4.58. The second kappa shape index (κ2) is 8.08. The van der Waals surface area contributed by atoms with E-state index >= 15 is 0 Å². The van der Waals surface area contributed by atoms with Gasteiger partial charge in [-0.1, -0.05) is 12.8 Å². The Morgan fingerprint density at radius 3 is 2.54 bits per heavy atom. The number of hydrogen-bond acceptors (Lipinski definition) is 5. The van der Waals surface area contributed by atoms with Gasteiger partial charge in [-0.3, -0.25) is 9.59 Å². The summed E-state index contributed by atoms with van der Waals surface area (Å²) in [5.74, 6) is -0.371. The lowest BCUT2D eigenvalue weighted by atomic mass is 10.1. The molecule has 0 radical (unpaired) electrons. The highest BCUT2D eigenvalue weighted by Gasteiger charge is 2.38. The molecule has 1 N–H and O–H groups in total. The zero-order chi connectivity index (χ0) is 20.5. The lowest BCUT2D eigenvalue weighted by molar-refractivity contribution is -0.129. The Morgan fingerprint density at radius 1 is 1.25 bits per heavy atom. The Hall–Kier alpha value is -2.13. The molecule has 1 heterocycles. The average Bonchev–Trinajstić information content (AvgIpc) is 3.30. The minimum Gasteiger partial charge on any atom is -0.495 e. The van der Waals surface area contributed by atoms with Gasteiger partial charge in [0.1, 0.15) is 5.75 Å². The Balaban J connectivity index is 1.77. The maximum Gasteiger partial charge on any atom is 0.242 e. The first-order chi connectivity index (χ1) is 13.2. The Labute approximate surface area is 165 Å². The van der Waals surface area contributed by atoms with Crippen molar-refractivity contribution in [1.82, 2.24) is 9.21 Å². The van der Waals surface area contributed by atoms with Gasteiger partial charge in [-0.05, 0) is 31.0 Å². The summed E-state index contributed by atoms with van der Waals surface area (Å²) in [5.41, 5.74) is 0.280. The molecule has 1 saturated heterocycles. The van der Waals surface area contributed by atoms with Crippen LogP contribution in [0.1, 0.15) is 32.1 Å². The molecule has 1 aliphatic heterocycles. The van der Waals surface area contributed by atoms with Crippen LogP contribution in [-0.2, 0) is 19.6 Å². The van der Waals surface area contributed by atoms with Gasteiger partial charge in [-0.25, -0.2) is 12.7 Å². The molecule has 154 valence electrons. The number of carbonyl (C=O) groups excluding carboxylic acids is 2. The monoisotopic (exact) mass is 409 g/mol. The first-order valence-electron chi connectivity index (χ1n) is 9.45. The highest BCUT2D eigenvalue weighted by atomic mass is 32.2. The first kappa shape index (κ1) is 20.6. The van der Waals surface area contributed by atoms with Crippen LogP contribution in [0.15, 0.2) is 23.1 Å². The molecule has 1 aromatic carbocycles. The van der Waals surface area contributed by atoms with Crippen molar-refractivity contribution >= 4 is 27.5 Å². The number of sulfonamides is 1. The standard InChI is InChI=1S/C19H27N3O5S/c1-21(2)28(25,26)15-8-9-17(27-3)16(11-15)20-19(24)13-10-18(23)22(12-13)14-6-4-5-7-14/h8-9,11,13-14H,4-7,10,12H2,1-3H3,(H,20,24)/t13-/m1/s1. The van der Waals surface area contributed by atoms with E-state index in [-0.39, 0.29) is 34.9 Å². The fourth-order valence-corrected chi connectivity index (χ4v) is 4.80. The number of rotatable bonds is 6. The second-order valence-corrected chi connectivity index (χ2v) is 9.68. The maximum atomic E-state index is 12.8. The van der Waals surface area contributed by atoms with E-state index in [1.807, 2.05) is 4.90 Å². The lowest BCUT2D eigenvalue weighted by Gasteiger charge is -2.24. The first-order valence-corrected chi connectivity index (χ1v) is 10.9. The van der Waals surface area contributed by atoms with Crippen molar-refractivity contribution < 1.29 is 22.7 Å². The van der Waals surface area contributed by atoms with Gasteiger partial charge in [0.2, 0.25) is 21.8 Å². The largest absolute Gasteiger partial charge is 0.495 e. The van der Waals surface area contributed by atoms with Crippen molar-refractivity contribution in [3.05, 3.63) is 18.2 Å². The molecule has 3 rings (SSSR count). The molecular weight excluding hydrogens is 382 g/mol. The Morgan fingerprint density at radius 2 is 1.93 bits per heavy atom. The summed E-state index contributed by atoms with van der Waals surface area (Å²) in [6.45, 7) is 0.410. The third-order valence-corrected chi connectivity index (χ3v) is 7.31. The van der Waals surface area contributed by atoms with Crippen molar-refractivity contribution in [2.24, 2.45) is 5.92 Å². The van der Waals surface area contributed by atoms with Crippen LogP contribution >= 0.6 is 0 Å². The topological polar surface area (TPSA) is 96.0 Å². The van der Waals surface area contributed by atoms with Crippen LogP contribution in [0, 0.1) is 5.92 Å². The molecule has 1 aromatic rings. The summed E-state index contributed by atoms with van der Waals surface area (Å²) < 4.78 is 31.1. The molecule has 0 aromatic heterocycles. The van der Waals surface area contributed by atoms with E-state index in [0.29, 0.717) is 12.3 Å². The van der Waals surface area contributed by atoms with E-state index in [0.717, 1.165) is 30.0 Å². The van der Waals surface area contributed by atoms with Crippen molar-refractivity contribution in [3.8, 4) is 5.75 Å². The third-order valence-electron chi connectivity index (χ3n) is 5.50. The van der Waals surface area contributed by atoms with Crippen LogP contribution in [-0.4, -0.2) is 63.2 Å². The SMILES string of the molecule is COc1ccc(S(=O)(=O)N(C)C)cc1NC(=O)[C@@H]1CC(=O)N(C2CCCC2)C1. The Kier molecular flexibility index (Phi) is 5.95. The zero-order valence-corrected chi connectivity index (χ0v) is 17.3. The number of hydrogen-bond donors (Lipinski definition) is 1. The summed E-state index contributed by atoms with van der Waals surface area (Å²) in [5, 5.41) is 2.76. The number of benzene rings is 1. The minimum atomic E-state index is -3.64. The predicted molar refractivity (Wildman–Crippen MR) is 105 cm³/mol. The average molecular weight is 410 g/mol. The molecule has 0 spiro atoms. The molecular formula is C19H27N3O5S. The van der Waals surface area contributed by atoms with E-state index < -0.39 is 15.9 Å². The zero-order valence-electron chi connectivity index (χ0n) is 16.5. The molecule has 0 unspecified atom stereocenters. The molecule has 0 bridgehead atoms. The van der Waals surface area contributed by atoms with E-state index in [4.69, 9.17) is 4.74 Å². The van der Waals surface area contributed by atoms with Gasteiger partial charge in [0.15, 0.2) is 0 Å². The van der Waals surface area contributed by atoms with Gasteiger partial charge in [0, 0.05) is 33.1 Å². The number of amides is 2. The predicted octanol–water partition coefficient (Wildman–Crippen LogP) is 1.68. The molecule has 28 heavy (non-hydrogen) atoms. The van der Waals surface area contributed by atoms with Gasteiger partial charge in [-0.2, -0.15) is 0 Å². The second-order valence-electron chi connectivity index (χ2n) is 7.52. The summed E-state index contributed by atoms with van der Waals surface area (Å²) in [6.07, 6.45) is 4.42. The molecule has 2 amide bonds. The quantitative estimate of drug-likeness (QED) is 0.771. The van der Waals surface area contributed by atoms with Gasteiger partial charge in [0.25, 0.3) is 0 Å². The number of nitrogens with zero attached hydrogens (tertiary/aromatic N) is 2. The fourth-order valence-electron chi connectivity index (χ4n) is 3.87. The van der Waals surface area contributed by atoms with E-state index in [1.54, 1.807) is 0 Å². The smallest absolute Gasteiger partial charge is 0.242 e. The number of ether oxygens (including phenoxy) is 1. The number of methoxy groups -OCH3 is 1. The van der Waals surface area contributed by atoms with E-state index in [1.165, 1.54) is 39.4 Å². The molecule has 2 aliphatic rings. The summed E-state index contributed by atoms with van der Waals surface area (Å²) in [7, 11) is 0.695. The molecule has 1 saturated carbocycles. The molecule has 8 nitrogen and oxygen atoms in total. The van der Waals surface area contributed by atoms with Crippen molar-refractivity contribution in [2.45, 2.75) is 43.0 Å². The van der Waals surface area contributed by atoms with Gasteiger partial charge in [0.05, 0.1) is 23.6 Å². The molecule has 9 heteroatoms.